The SMILES string of the molecule is CCC(OC(=O)CNC(C)=O)C(=O)O. The average Bonchev–Trinajstić information content (AvgIpc) is 2.10. The molecule has 0 aromatic heterocycles. The van der Waals surface area contributed by atoms with E-state index in [1.54, 1.807) is 6.92 Å². The maximum absolute atomic E-state index is 10.9. The Hall–Kier alpha value is -1.59. The van der Waals surface area contributed by atoms with Crippen molar-refractivity contribution < 1.29 is 24.2 Å². The van der Waals surface area contributed by atoms with Crippen molar-refractivity contribution in [2.75, 3.05) is 6.54 Å². The zero-order valence-corrected chi connectivity index (χ0v) is 8.07. The maximum atomic E-state index is 10.9. The van der Waals surface area contributed by atoms with Crippen molar-refractivity contribution in [3.63, 3.8) is 0 Å². The number of rotatable bonds is 5. The molecule has 0 rings (SSSR count). The minimum atomic E-state index is -1.19. The van der Waals surface area contributed by atoms with E-state index in [1.165, 1.54) is 6.92 Å². The van der Waals surface area contributed by atoms with Crippen LogP contribution in [0.3, 0.4) is 0 Å². The molecule has 2 N–H and O–H groups in total. The number of carbonyl (C=O) groups excluding carboxylic acids is 2. The monoisotopic (exact) mass is 203 g/mol. The van der Waals surface area contributed by atoms with E-state index in [9.17, 15) is 14.4 Å². The van der Waals surface area contributed by atoms with Crippen molar-refractivity contribution >= 4 is 17.8 Å². The molecule has 0 radical (unpaired) electrons. The highest BCUT2D eigenvalue weighted by atomic mass is 16.6. The average molecular weight is 203 g/mol. The molecule has 14 heavy (non-hydrogen) atoms. The van der Waals surface area contributed by atoms with Gasteiger partial charge in [0.1, 0.15) is 6.54 Å². The Balaban J connectivity index is 3.91. The van der Waals surface area contributed by atoms with Gasteiger partial charge in [0.05, 0.1) is 0 Å². The Morgan fingerprint density at radius 1 is 1.43 bits per heavy atom. The molecule has 1 amide bonds. The number of esters is 1. The molecule has 0 aromatic rings. The third kappa shape index (κ3) is 5.13. The van der Waals surface area contributed by atoms with Gasteiger partial charge >= 0.3 is 11.9 Å². The van der Waals surface area contributed by atoms with Gasteiger partial charge in [-0.05, 0) is 6.42 Å². The molecule has 0 aromatic carbocycles. The normalized spacial score (nSPS) is 11.6. The van der Waals surface area contributed by atoms with Gasteiger partial charge in [-0.25, -0.2) is 4.79 Å². The molecule has 0 aliphatic rings. The summed E-state index contributed by atoms with van der Waals surface area (Å²) in [5.41, 5.74) is 0. The van der Waals surface area contributed by atoms with Gasteiger partial charge in [0.25, 0.3) is 0 Å². The summed E-state index contributed by atoms with van der Waals surface area (Å²) >= 11 is 0. The fourth-order valence-electron chi connectivity index (χ4n) is 0.705. The molecular weight excluding hydrogens is 190 g/mol. The van der Waals surface area contributed by atoms with Crippen LogP contribution in [0.15, 0.2) is 0 Å². The van der Waals surface area contributed by atoms with Crippen LogP contribution in [-0.4, -0.2) is 35.6 Å². The predicted molar refractivity (Wildman–Crippen MR) is 46.5 cm³/mol. The van der Waals surface area contributed by atoms with E-state index in [2.05, 4.69) is 10.1 Å². The smallest absolute Gasteiger partial charge is 0.345 e. The summed E-state index contributed by atoms with van der Waals surface area (Å²) in [5, 5.41) is 10.7. The minimum Gasteiger partial charge on any atom is -0.479 e. The number of carbonyl (C=O) groups is 3. The summed E-state index contributed by atoms with van der Waals surface area (Å²) < 4.78 is 4.56. The molecule has 80 valence electrons. The van der Waals surface area contributed by atoms with E-state index in [0.29, 0.717) is 0 Å². The van der Waals surface area contributed by atoms with Gasteiger partial charge in [0.2, 0.25) is 5.91 Å². The van der Waals surface area contributed by atoms with Crippen LogP contribution in [0.25, 0.3) is 0 Å². The van der Waals surface area contributed by atoms with Crippen LogP contribution < -0.4 is 5.32 Å². The van der Waals surface area contributed by atoms with Crippen LogP contribution >= 0.6 is 0 Å². The number of aliphatic carboxylic acids is 1. The summed E-state index contributed by atoms with van der Waals surface area (Å²) in [6.07, 6.45) is -0.947. The highest BCUT2D eigenvalue weighted by Crippen LogP contribution is 1.97. The third-order valence-corrected chi connectivity index (χ3v) is 1.40. The number of ether oxygens (including phenoxy) is 1. The summed E-state index contributed by atoms with van der Waals surface area (Å²) in [6, 6.07) is 0. The van der Waals surface area contributed by atoms with E-state index < -0.39 is 18.0 Å². The molecule has 6 nitrogen and oxygen atoms in total. The third-order valence-electron chi connectivity index (χ3n) is 1.40. The summed E-state index contributed by atoms with van der Waals surface area (Å²) in [5.74, 6) is -2.32. The molecule has 0 bridgehead atoms. The van der Waals surface area contributed by atoms with Crippen molar-refractivity contribution in [2.24, 2.45) is 0 Å². The van der Waals surface area contributed by atoms with Crippen molar-refractivity contribution in [1.29, 1.82) is 0 Å². The summed E-state index contributed by atoms with van der Waals surface area (Å²) in [7, 11) is 0. The van der Waals surface area contributed by atoms with Gasteiger partial charge in [0.15, 0.2) is 6.10 Å². The lowest BCUT2D eigenvalue weighted by Gasteiger charge is -2.11. The zero-order chi connectivity index (χ0) is 11.1. The Kier molecular flexibility index (Phi) is 5.28. The molecule has 0 saturated carbocycles. The minimum absolute atomic E-state index is 0.196. The number of carboxylic acids is 1. The quantitative estimate of drug-likeness (QED) is 0.589. The van der Waals surface area contributed by atoms with E-state index in [1.807, 2.05) is 0 Å². The first-order valence-corrected chi connectivity index (χ1v) is 4.14. The van der Waals surface area contributed by atoms with Gasteiger partial charge in [-0.1, -0.05) is 6.92 Å². The van der Waals surface area contributed by atoms with E-state index >= 15 is 0 Å². The molecule has 6 heteroatoms. The van der Waals surface area contributed by atoms with E-state index in [4.69, 9.17) is 5.11 Å². The van der Waals surface area contributed by atoms with E-state index in [0.717, 1.165) is 0 Å². The maximum Gasteiger partial charge on any atom is 0.345 e. The first-order valence-electron chi connectivity index (χ1n) is 4.14. The molecule has 0 saturated heterocycles. The van der Waals surface area contributed by atoms with Crippen molar-refractivity contribution in [2.45, 2.75) is 26.4 Å². The van der Waals surface area contributed by atoms with E-state index in [-0.39, 0.29) is 18.9 Å². The molecule has 1 unspecified atom stereocenters. The predicted octanol–water partition coefficient (Wildman–Crippen LogP) is -0.471. The second kappa shape index (κ2) is 5.95. The Bertz CT molecular complexity index is 238. The topological polar surface area (TPSA) is 92.7 Å². The zero-order valence-electron chi connectivity index (χ0n) is 8.07. The fourth-order valence-corrected chi connectivity index (χ4v) is 0.705. The first kappa shape index (κ1) is 12.4. The molecule has 0 spiro atoms. The van der Waals surface area contributed by atoms with Crippen LogP contribution in [0, 0.1) is 0 Å². The van der Waals surface area contributed by atoms with Gasteiger partial charge in [-0.2, -0.15) is 0 Å². The molecule has 0 heterocycles. The highest BCUT2D eigenvalue weighted by molar-refractivity contribution is 5.82. The van der Waals surface area contributed by atoms with Gasteiger partial charge < -0.3 is 15.2 Å². The number of amides is 1. The molecule has 0 aliphatic heterocycles. The van der Waals surface area contributed by atoms with Gasteiger partial charge in [0, 0.05) is 6.92 Å². The van der Waals surface area contributed by atoms with Crippen molar-refractivity contribution in [3.05, 3.63) is 0 Å². The fraction of sp³-hybridized carbons (Fsp3) is 0.625. The van der Waals surface area contributed by atoms with Gasteiger partial charge in [-0.15, -0.1) is 0 Å². The number of hydrogen-bond donors (Lipinski definition) is 2. The number of carboxylic acid groups (broad SMARTS) is 1. The van der Waals surface area contributed by atoms with Crippen LogP contribution in [-0.2, 0) is 19.1 Å². The molecule has 0 fully saturated rings. The van der Waals surface area contributed by atoms with Crippen LogP contribution in [0.2, 0.25) is 0 Å². The summed E-state index contributed by atoms with van der Waals surface area (Å²) in [6.45, 7) is 2.53. The highest BCUT2D eigenvalue weighted by Gasteiger charge is 2.19. The second-order valence-corrected chi connectivity index (χ2v) is 2.63. The Labute approximate surface area is 81.2 Å². The standard InChI is InChI=1S/C8H13NO5/c1-3-6(8(12)13)14-7(11)4-9-5(2)10/h6H,3-4H2,1-2H3,(H,9,10)(H,12,13). The Morgan fingerprint density at radius 3 is 2.36 bits per heavy atom. The first-order chi connectivity index (χ1) is 6.47. The second-order valence-electron chi connectivity index (χ2n) is 2.63. The molecule has 0 aliphatic carbocycles. The van der Waals surface area contributed by atoms with Gasteiger partial charge in [-0.3, -0.25) is 9.59 Å². The lowest BCUT2D eigenvalue weighted by molar-refractivity contribution is -0.163. The molecule has 1 atom stereocenters. The summed E-state index contributed by atoms with van der Waals surface area (Å²) in [4.78, 5) is 31.8. The lowest BCUT2D eigenvalue weighted by atomic mass is 10.3. The van der Waals surface area contributed by atoms with Crippen molar-refractivity contribution in [1.82, 2.24) is 5.32 Å². The lowest BCUT2D eigenvalue weighted by Crippen LogP contribution is -2.33. The van der Waals surface area contributed by atoms with Crippen LogP contribution in [0.5, 0.6) is 0 Å². The largest absolute Gasteiger partial charge is 0.479 e. The Morgan fingerprint density at radius 2 is 2.00 bits per heavy atom. The van der Waals surface area contributed by atoms with Crippen LogP contribution in [0.1, 0.15) is 20.3 Å². The van der Waals surface area contributed by atoms with Crippen LogP contribution in [0.4, 0.5) is 0 Å². The number of nitrogens with one attached hydrogen (secondary N) is 1. The van der Waals surface area contributed by atoms with Crippen molar-refractivity contribution in [3.8, 4) is 0 Å². The molecular formula is C8H13NO5. The number of hydrogen-bond acceptors (Lipinski definition) is 4.